The van der Waals surface area contributed by atoms with Crippen LogP contribution in [0.2, 0.25) is 5.02 Å². The van der Waals surface area contributed by atoms with Crippen LogP contribution >= 0.6 is 24.4 Å². The Morgan fingerprint density at radius 2 is 1.64 bits per heavy atom. The quantitative estimate of drug-likeness (QED) is 0.566. The summed E-state index contributed by atoms with van der Waals surface area (Å²) >= 11 is 10.1. The molecule has 1 heterocycles. The number of nitrogens with two attached hydrogens (primary N) is 1. The smallest absolute Gasteiger partial charge is 0.275 e. The van der Waals surface area contributed by atoms with Gasteiger partial charge in [0.15, 0.2) is 0 Å². The molecule has 3 N–H and O–H groups in total. The van der Waals surface area contributed by atoms with Crippen LogP contribution in [0.1, 0.15) is 0 Å². The molecule has 11 heteroatoms. The Morgan fingerprint density at radius 3 is 2.28 bits per heavy atom. The molecule has 0 aliphatic heterocycles. The van der Waals surface area contributed by atoms with Crippen molar-refractivity contribution >= 4 is 61.1 Å². The highest BCUT2D eigenvalue weighted by Gasteiger charge is 2.30. The van der Waals surface area contributed by atoms with Crippen molar-refractivity contribution < 1.29 is 16.8 Å². The predicted molar refractivity (Wildman–Crippen MR) is 99.8 cm³/mol. The molecule has 0 radical (unpaired) electrons. The summed E-state index contributed by atoms with van der Waals surface area (Å²) in [5, 5.41) is 6.15. The fourth-order valence-corrected chi connectivity index (χ4v) is 5.48. The Bertz CT molecular complexity index is 1170. The van der Waals surface area contributed by atoms with E-state index in [1.165, 1.54) is 24.4 Å². The van der Waals surface area contributed by atoms with Crippen molar-refractivity contribution in [1.82, 2.24) is 4.98 Å². The van der Waals surface area contributed by atoms with Crippen LogP contribution in [-0.2, 0) is 20.0 Å². The molecule has 0 aliphatic carbocycles. The first-order valence-electron chi connectivity index (χ1n) is 6.75. The summed E-state index contributed by atoms with van der Waals surface area (Å²) in [6.07, 6.45) is 1.52. The Kier molecular flexibility index (Phi) is 4.50. The second-order valence-corrected chi connectivity index (χ2v) is 9.44. The van der Waals surface area contributed by atoms with Gasteiger partial charge in [-0.2, -0.15) is 0 Å². The van der Waals surface area contributed by atoms with Crippen molar-refractivity contribution in [1.29, 1.82) is 0 Å². The molecule has 7 nitrogen and oxygen atoms in total. The van der Waals surface area contributed by atoms with Gasteiger partial charge in [-0.15, -0.1) is 0 Å². The number of para-hydroxylation sites is 1. The average Bonchev–Trinajstić information content (AvgIpc) is 2.95. The number of benzene rings is 2. The van der Waals surface area contributed by atoms with Gasteiger partial charge in [-0.05, 0) is 31.0 Å². The van der Waals surface area contributed by atoms with Crippen molar-refractivity contribution in [3.63, 3.8) is 0 Å². The number of halogens is 1. The molecule has 3 aromatic rings. The van der Waals surface area contributed by atoms with Gasteiger partial charge in [0.1, 0.15) is 9.79 Å². The molecule has 0 atom stereocenters. The second-order valence-electron chi connectivity index (χ2n) is 5.08. The molecular formula is C14H12ClN3O4S3. The molecule has 0 spiro atoms. The summed E-state index contributed by atoms with van der Waals surface area (Å²) in [6.45, 7) is 0. The van der Waals surface area contributed by atoms with Gasteiger partial charge in [0.05, 0.1) is 16.2 Å². The highest BCUT2D eigenvalue weighted by Crippen LogP contribution is 2.35. The lowest BCUT2D eigenvalue weighted by atomic mass is 10.2. The van der Waals surface area contributed by atoms with E-state index in [9.17, 15) is 16.8 Å². The van der Waals surface area contributed by atoms with Gasteiger partial charge in [0.2, 0.25) is 10.0 Å². The zero-order valence-electron chi connectivity index (χ0n) is 12.4. The van der Waals surface area contributed by atoms with Gasteiger partial charge in [0, 0.05) is 11.6 Å². The number of nitrogens with zero attached hydrogens (tertiary/aromatic N) is 1. The Morgan fingerprint density at radius 1 is 1.00 bits per heavy atom. The van der Waals surface area contributed by atoms with E-state index in [0.717, 1.165) is 12.1 Å². The van der Waals surface area contributed by atoms with Crippen LogP contribution in [-0.4, -0.2) is 21.8 Å². The zero-order valence-corrected chi connectivity index (χ0v) is 15.7. The van der Waals surface area contributed by atoms with Crippen molar-refractivity contribution in [2.75, 3.05) is 3.71 Å². The maximum atomic E-state index is 12.9. The van der Waals surface area contributed by atoms with Gasteiger partial charge >= 0.3 is 0 Å². The fourth-order valence-electron chi connectivity index (χ4n) is 2.38. The van der Waals surface area contributed by atoms with Crippen molar-refractivity contribution in [2.45, 2.75) is 9.79 Å². The number of aromatic nitrogens is 1. The molecule has 0 amide bonds. The SMILES string of the molecule is NS(=O)(=O)c1ccccc1S(=O)(=O)N(S)c1cccc2c(Cl)c[nH]c12. The van der Waals surface area contributed by atoms with Crippen LogP contribution < -0.4 is 8.85 Å². The Labute approximate surface area is 155 Å². The minimum Gasteiger partial charge on any atom is -0.358 e. The van der Waals surface area contributed by atoms with E-state index < -0.39 is 29.8 Å². The number of fused-ring (bicyclic) bond motifs is 1. The van der Waals surface area contributed by atoms with E-state index >= 15 is 0 Å². The van der Waals surface area contributed by atoms with Crippen LogP contribution in [0.4, 0.5) is 5.69 Å². The number of hydrogen-bond acceptors (Lipinski definition) is 5. The van der Waals surface area contributed by atoms with Gasteiger partial charge in [-0.25, -0.2) is 25.7 Å². The number of anilines is 1. The van der Waals surface area contributed by atoms with Gasteiger partial charge in [-0.3, -0.25) is 0 Å². The van der Waals surface area contributed by atoms with E-state index in [0.29, 0.717) is 19.6 Å². The molecular weight excluding hydrogens is 406 g/mol. The van der Waals surface area contributed by atoms with Gasteiger partial charge < -0.3 is 4.98 Å². The predicted octanol–water partition coefficient (Wildman–Crippen LogP) is 2.51. The summed E-state index contributed by atoms with van der Waals surface area (Å²) in [5.74, 6) is 0. The first-order valence-corrected chi connectivity index (χ1v) is 10.5. The standard InChI is InChI=1S/C14H12ClN3O4S3/c15-10-8-17-14-9(10)4-3-5-11(14)18(23)25(21,22)13-7-2-1-6-12(13)24(16,19)20/h1-8,17,23H,(H2,16,19,20). The van der Waals surface area contributed by atoms with Crippen LogP contribution in [0.5, 0.6) is 0 Å². The molecule has 0 unspecified atom stereocenters. The summed E-state index contributed by atoms with van der Waals surface area (Å²) in [6, 6.07) is 9.89. The first kappa shape index (κ1) is 18.1. The van der Waals surface area contributed by atoms with E-state index in [1.807, 2.05) is 0 Å². The number of thiol groups is 1. The third-order valence-corrected chi connectivity index (χ3v) is 7.35. The minimum atomic E-state index is -4.31. The summed E-state index contributed by atoms with van der Waals surface area (Å²) in [7, 11) is -8.55. The maximum Gasteiger partial charge on any atom is 0.275 e. The maximum absolute atomic E-state index is 12.9. The second kappa shape index (κ2) is 6.22. The molecule has 132 valence electrons. The molecule has 2 aromatic carbocycles. The number of primary sulfonamides is 1. The van der Waals surface area contributed by atoms with Crippen molar-refractivity contribution in [3.05, 3.63) is 53.7 Å². The topological polar surface area (TPSA) is 113 Å². The molecule has 25 heavy (non-hydrogen) atoms. The lowest BCUT2D eigenvalue weighted by Crippen LogP contribution is -2.25. The van der Waals surface area contributed by atoms with Gasteiger partial charge in [0.25, 0.3) is 10.0 Å². The van der Waals surface area contributed by atoms with E-state index in [-0.39, 0.29) is 5.69 Å². The molecule has 3 rings (SSSR count). The zero-order chi connectivity index (χ0) is 18.4. The summed E-state index contributed by atoms with van der Waals surface area (Å²) in [5.41, 5.74) is 0.635. The lowest BCUT2D eigenvalue weighted by molar-refractivity contribution is 0.585. The highest BCUT2D eigenvalue weighted by atomic mass is 35.5. The normalized spacial score (nSPS) is 12.4. The Balaban J connectivity index is 2.22. The molecule has 0 saturated heterocycles. The largest absolute Gasteiger partial charge is 0.358 e. The molecule has 1 aromatic heterocycles. The number of aromatic amines is 1. The van der Waals surface area contributed by atoms with Crippen molar-refractivity contribution in [2.24, 2.45) is 5.14 Å². The van der Waals surface area contributed by atoms with Crippen molar-refractivity contribution in [3.8, 4) is 0 Å². The average molecular weight is 418 g/mol. The van der Waals surface area contributed by atoms with Crippen LogP contribution in [0.25, 0.3) is 10.9 Å². The third kappa shape index (κ3) is 3.11. The van der Waals surface area contributed by atoms with Crippen LogP contribution in [0, 0.1) is 0 Å². The highest BCUT2D eigenvalue weighted by molar-refractivity contribution is 8.06. The lowest BCUT2D eigenvalue weighted by Gasteiger charge is -2.20. The number of rotatable bonds is 4. The van der Waals surface area contributed by atoms with Gasteiger partial charge in [-0.1, -0.05) is 35.9 Å². The van der Waals surface area contributed by atoms with E-state index in [1.54, 1.807) is 12.1 Å². The number of hydrogen-bond donors (Lipinski definition) is 3. The van der Waals surface area contributed by atoms with Crippen LogP contribution in [0.15, 0.2) is 58.5 Å². The number of nitrogens with one attached hydrogen (secondary N) is 1. The van der Waals surface area contributed by atoms with Crippen LogP contribution in [0.3, 0.4) is 0 Å². The first-order chi connectivity index (χ1) is 11.6. The van der Waals surface area contributed by atoms with E-state index in [4.69, 9.17) is 16.7 Å². The number of sulfonamides is 2. The molecule has 0 aliphatic rings. The molecule has 0 bridgehead atoms. The van der Waals surface area contributed by atoms with E-state index in [2.05, 4.69) is 17.8 Å². The summed E-state index contributed by atoms with van der Waals surface area (Å²) in [4.78, 5) is 1.90. The Hall–Kier alpha value is -1.72. The minimum absolute atomic E-state index is 0.192. The summed E-state index contributed by atoms with van der Waals surface area (Å²) < 4.78 is 50.0. The fraction of sp³-hybridized carbons (Fsp3) is 0. The molecule has 0 fully saturated rings. The third-order valence-electron chi connectivity index (χ3n) is 3.51. The molecule has 0 saturated carbocycles. The number of H-pyrrole nitrogens is 1. The monoisotopic (exact) mass is 417 g/mol.